The minimum absolute atomic E-state index is 0.132. The molecule has 0 bridgehead atoms. The number of hydrogen-bond acceptors (Lipinski definition) is 6. The molecule has 0 atom stereocenters. The van der Waals surface area contributed by atoms with E-state index in [1.165, 1.54) is 11.3 Å². The minimum atomic E-state index is -0.397. The first kappa shape index (κ1) is 12.8. The summed E-state index contributed by atoms with van der Waals surface area (Å²) in [7, 11) is 0. The van der Waals surface area contributed by atoms with E-state index in [1.54, 1.807) is 13.0 Å². The van der Waals surface area contributed by atoms with E-state index in [9.17, 15) is 9.59 Å². The molecule has 7 nitrogen and oxygen atoms in total. The maximum atomic E-state index is 11.9. The number of anilines is 1. The molecule has 3 heterocycles. The number of thiazole rings is 1. The number of aromatic nitrogens is 2. The molecule has 2 aromatic heterocycles. The molecular weight excluding hydrogens is 280 g/mol. The number of rotatable bonds is 2. The third-order valence-corrected chi connectivity index (χ3v) is 3.87. The summed E-state index contributed by atoms with van der Waals surface area (Å²) in [6, 6.07) is 1.54. The molecule has 8 heteroatoms. The van der Waals surface area contributed by atoms with Gasteiger partial charge in [-0.15, -0.1) is 0 Å². The second-order valence-corrected chi connectivity index (χ2v) is 5.43. The number of carbonyl (C=O) groups excluding carboxylic acids is 2. The summed E-state index contributed by atoms with van der Waals surface area (Å²) in [5, 5.41) is 9.46. The van der Waals surface area contributed by atoms with Crippen molar-refractivity contribution in [3.8, 4) is 0 Å². The van der Waals surface area contributed by atoms with Gasteiger partial charge in [-0.1, -0.05) is 16.5 Å². The lowest BCUT2D eigenvalue weighted by atomic mass is 10.2. The van der Waals surface area contributed by atoms with Gasteiger partial charge in [0.05, 0.1) is 5.69 Å². The molecule has 104 valence electrons. The Morgan fingerprint density at radius 1 is 1.55 bits per heavy atom. The van der Waals surface area contributed by atoms with Crippen LogP contribution in [0.1, 0.15) is 38.0 Å². The van der Waals surface area contributed by atoms with Gasteiger partial charge in [0.2, 0.25) is 0 Å². The van der Waals surface area contributed by atoms with E-state index in [0.717, 1.165) is 18.5 Å². The lowest BCUT2D eigenvalue weighted by Crippen LogP contribution is -2.21. The molecule has 0 aliphatic carbocycles. The van der Waals surface area contributed by atoms with E-state index in [2.05, 4.69) is 20.8 Å². The van der Waals surface area contributed by atoms with Gasteiger partial charge in [-0.3, -0.25) is 14.9 Å². The average Bonchev–Trinajstić information content (AvgIpc) is 2.97. The fourth-order valence-electron chi connectivity index (χ4n) is 1.92. The molecule has 0 radical (unpaired) electrons. The first-order valence-electron chi connectivity index (χ1n) is 6.16. The number of nitrogens with one attached hydrogen (secondary N) is 2. The topological polar surface area (TPSA) is 97.1 Å². The lowest BCUT2D eigenvalue weighted by molar-refractivity contribution is 0.0958. The van der Waals surface area contributed by atoms with Crippen molar-refractivity contribution in [2.75, 3.05) is 11.9 Å². The highest BCUT2D eigenvalue weighted by Crippen LogP contribution is 2.25. The summed E-state index contributed by atoms with van der Waals surface area (Å²) >= 11 is 1.17. The normalized spacial score (nSPS) is 14.3. The summed E-state index contributed by atoms with van der Waals surface area (Å²) in [6.07, 6.45) is 1.57. The summed E-state index contributed by atoms with van der Waals surface area (Å²) in [5.74, 6) is 0.0309. The molecule has 2 aromatic rings. The molecule has 2 amide bonds. The van der Waals surface area contributed by atoms with Gasteiger partial charge in [0, 0.05) is 12.6 Å². The number of hydrogen-bond donors (Lipinski definition) is 2. The Morgan fingerprint density at radius 2 is 2.40 bits per heavy atom. The smallest absolute Gasteiger partial charge is 0.279 e. The predicted molar refractivity (Wildman–Crippen MR) is 72.0 cm³/mol. The van der Waals surface area contributed by atoms with Crippen molar-refractivity contribution in [3.63, 3.8) is 0 Å². The number of aryl methyl sites for hydroxylation is 2. The van der Waals surface area contributed by atoms with Gasteiger partial charge in [-0.2, -0.15) is 0 Å². The fourth-order valence-corrected chi connectivity index (χ4v) is 2.85. The van der Waals surface area contributed by atoms with Gasteiger partial charge >= 0.3 is 0 Å². The second-order valence-electron chi connectivity index (χ2n) is 4.43. The Hall–Kier alpha value is -2.22. The van der Waals surface area contributed by atoms with E-state index < -0.39 is 5.91 Å². The van der Waals surface area contributed by atoms with E-state index >= 15 is 0 Å². The first-order chi connectivity index (χ1) is 9.63. The zero-order valence-electron chi connectivity index (χ0n) is 10.7. The molecule has 1 aliphatic rings. The van der Waals surface area contributed by atoms with Crippen molar-refractivity contribution in [3.05, 3.63) is 28.1 Å². The molecule has 0 saturated heterocycles. The molecule has 1 aliphatic heterocycles. The zero-order chi connectivity index (χ0) is 14.1. The van der Waals surface area contributed by atoms with Crippen LogP contribution in [0.3, 0.4) is 0 Å². The van der Waals surface area contributed by atoms with Gasteiger partial charge in [-0.25, -0.2) is 4.98 Å². The van der Waals surface area contributed by atoms with Crippen molar-refractivity contribution >= 4 is 28.3 Å². The van der Waals surface area contributed by atoms with Gasteiger partial charge in [0.15, 0.2) is 10.8 Å². The Labute approximate surface area is 118 Å². The maximum Gasteiger partial charge on any atom is 0.279 e. The number of nitrogens with zero attached hydrogens (tertiary/aromatic N) is 2. The van der Waals surface area contributed by atoms with Crippen molar-refractivity contribution in [1.82, 2.24) is 15.5 Å². The monoisotopic (exact) mass is 292 g/mol. The van der Waals surface area contributed by atoms with Gasteiger partial charge < -0.3 is 9.84 Å². The third-order valence-electron chi connectivity index (χ3n) is 2.86. The fraction of sp³-hybridized carbons (Fsp3) is 0.333. The summed E-state index contributed by atoms with van der Waals surface area (Å²) in [6.45, 7) is 2.36. The van der Waals surface area contributed by atoms with Gasteiger partial charge in [0.25, 0.3) is 11.8 Å². The molecule has 0 saturated carbocycles. The Bertz CT molecular complexity index is 676. The van der Waals surface area contributed by atoms with Crippen molar-refractivity contribution < 1.29 is 14.1 Å². The number of amides is 2. The van der Waals surface area contributed by atoms with Crippen molar-refractivity contribution in [1.29, 1.82) is 0 Å². The van der Waals surface area contributed by atoms with Crippen LogP contribution in [0.15, 0.2) is 10.6 Å². The molecule has 2 N–H and O–H groups in total. The number of fused-ring (bicyclic) bond motifs is 1. The molecule has 0 aromatic carbocycles. The van der Waals surface area contributed by atoms with Crippen LogP contribution in [0.25, 0.3) is 0 Å². The Kier molecular flexibility index (Phi) is 3.23. The number of carbonyl (C=O) groups is 2. The summed E-state index contributed by atoms with van der Waals surface area (Å²) in [5.41, 5.74) is 0.925. The quantitative estimate of drug-likeness (QED) is 0.871. The first-order valence-corrected chi connectivity index (χ1v) is 6.97. The Balaban J connectivity index is 1.80. The minimum Gasteiger partial charge on any atom is -0.361 e. The standard InChI is InChI=1S/C12H12N4O3S/c1-6-5-8(16-19-6)10(17)15-12-14-7-3-2-4-13-11(18)9(7)20-12/h5H,2-4H2,1H3,(H,13,18)(H,14,15,17). The zero-order valence-corrected chi connectivity index (χ0v) is 11.5. The molecule has 3 rings (SSSR count). The molecule has 0 fully saturated rings. The second kappa shape index (κ2) is 5.04. The largest absolute Gasteiger partial charge is 0.361 e. The summed E-state index contributed by atoms with van der Waals surface area (Å²) < 4.78 is 4.85. The Morgan fingerprint density at radius 3 is 3.15 bits per heavy atom. The third kappa shape index (κ3) is 2.42. The molecule has 0 unspecified atom stereocenters. The van der Waals surface area contributed by atoms with Crippen molar-refractivity contribution in [2.24, 2.45) is 0 Å². The van der Waals surface area contributed by atoms with Crippen LogP contribution >= 0.6 is 11.3 Å². The lowest BCUT2D eigenvalue weighted by Gasteiger charge is -1.98. The molecule has 20 heavy (non-hydrogen) atoms. The van der Waals surface area contributed by atoms with E-state index in [-0.39, 0.29) is 11.6 Å². The van der Waals surface area contributed by atoms with Gasteiger partial charge in [-0.05, 0) is 19.8 Å². The highest BCUT2D eigenvalue weighted by atomic mass is 32.1. The molecule has 0 spiro atoms. The SMILES string of the molecule is Cc1cc(C(=O)Nc2nc3c(s2)C(=O)NCCC3)no1. The van der Waals surface area contributed by atoms with Crippen molar-refractivity contribution in [2.45, 2.75) is 19.8 Å². The summed E-state index contributed by atoms with van der Waals surface area (Å²) in [4.78, 5) is 28.6. The van der Waals surface area contributed by atoms with Crippen LogP contribution in [0.4, 0.5) is 5.13 Å². The van der Waals surface area contributed by atoms with Crippen LogP contribution < -0.4 is 10.6 Å². The van der Waals surface area contributed by atoms with Gasteiger partial charge in [0.1, 0.15) is 10.6 Å². The van der Waals surface area contributed by atoms with Crippen LogP contribution in [0, 0.1) is 6.92 Å². The molecular formula is C12H12N4O3S. The maximum absolute atomic E-state index is 11.9. The van der Waals surface area contributed by atoms with Crippen LogP contribution in [0.2, 0.25) is 0 Å². The highest BCUT2D eigenvalue weighted by molar-refractivity contribution is 7.17. The van der Waals surface area contributed by atoms with Crippen LogP contribution in [-0.4, -0.2) is 28.5 Å². The van der Waals surface area contributed by atoms with E-state index in [0.29, 0.717) is 22.3 Å². The predicted octanol–water partition coefficient (Wildman–Crippen LogP) is 1.37. The average molecular weight is 292 g/mol. The highest BCUT2D eigenvalue weighted by Gasteiger charge is 2.22. The van der Waals surface area contributed by atoms with E-state index in [4.69, 9.17) is 4.52 Å². The van der Waals surface area contributed by atoms with Crippen LogP contribution in [-0.2, 0) is 6.42 Å². The van der Waals surface area contributed by atoms with E-state index in [1.807, 2.05) is 0 Å². The van der Waals surface area contributed by atoms with Crippen LogP contribution in [0.5, 0.6) is 0 Å².